The van der Waals surface area contributed by atoms with Crippen molar-refractivity contribution in [2.24, 2.45) is 0 Å². The molecule has 0 spiro atoms. The Labute approximate surface area is 83.2 Å². The Balaban J connectivity index is 2.88. The van der Waals surface area contributed by atoms with Crippen LogP contribution in [0.25, 0.3) is 10.9 Å². The van der Waals surface area contributed by atoms with Crippen LogP contribution in [0.4, 0.5) is 0 Å². The summed E-state index contributed by atoms with van der Waals surface area (Å²) in [5.41, 5.74) is 3.18. The van der Waals surface area contributed by atoms with Crippen LogP contribution in [-0.4, -0.2) is 10.9 Å². The van der Waals surface area contributed by atoms with Crippen molar-refractivity contribution in [1.29, 1.82) is 0 Å². The summed E-state index contributed by atoms with van der Waals surface area (Å²) in [5, 5.41) is 1.06. The normalized spacial score (nSPS) is 10.7. The van der Waals surface area contributed by atoms with Gasteiger partial charge in [0.1, 0.15) is 0 Å². The molecular formula is C12H13NO. The number of carbonyl (C=O) groups excluding carboxylic acids is 1. The first kappa shape index (κ1) is 9.00. The van der Waals surface area contributed by atoms with Gasteiger partial charge in [0.2, 0.25) is 0 Å². The van der Waals surface area contributed by atoms with E-state index in [2.05, 4.69) is 24.5 Å². The highest BCUT2D eigenvalue weighted by Gasteiger charge is 2.07. The lowest BCUT2D eigenvalue weighted by Crippen LogP contribution is -1.92. The zero-order valence-electron chi connectivity index (χ0n) is 8.45. The van der Waals surface area contributed by atoms with Gasteiger partial charge in [0.05, 0.1) is 5.52 Å². The molecule has 2 heteroatoms. The molecule has 2 rings (SSSR count). The highest BCUT2D eigenvalue weighted by molar-refractivity contribution is 5.98. The molecular weight excluding hydrogens is 174 g/mol. The molecule has 2 aromatic rings. The van der Waals surface area contributed by atoms with Gasteiger partial charge in [-0.05, 0) is 19.4 Å². The smallest absolute Gasteiger partial charge is 0.152 e. The van der Waals surface area contributed by atoms with Gasteiger partial charge in [-0.3, -0.25) is 4.79 Å². The van der Waals surface area contributed by atoms with Crippen molar-refractivity contribution >= 4 is 17.2 Å². The molecule has 1 aromatic carbocycles. The summed E-state index contributed by atoms with van der Waals surface area (Å²) in [4.78, 5) is 10.8. The number of aryl methyl sites for hydroxylation is 2. The molecule has 0 amide bonds. The van der Waals surface area contributed by atoms with Crippen LogP contribution in [0, 0.1) is 6.92 Å². The molecule has 0 bridgehead atoms. The van der Waals surface area contributed by atoms with Gasteiger partial charge in [0.25, 0.3) is 0 Å². The third-order valence-corrected chi connectivity index (χ3v) is 2.60. The molecule has 1 aromatic heterocycles. The van der Waals surface area contributed by atoms with E-state index in [9.17, 15) is 4.79 Å². The van der Waals surface area contributed by atoms with Crippen LogP contribution >= 0.6 is 0 Å². The summed E-state index contributed by atoms with van der Waals surface area (Å²) < 4.78 is 2.12. The third-order valence-electron chi connectivity index (χ3n) is 2.60. The number of para-hydroxylation sites is 1. The molecule has 0 radical (unpaired) electrons. The number of benzene rings is 1. The topological polar surface area (TPSA) is 22.0 Å². The molecule has 0 aliphatic heterocycles. The second-order valence-electron chi connectivity index (χ2n) is 3.46. The van der Waals surface area contributed by atoms with Crippen molar-refractivity contribution in [2.45, 2.75) is 20.4 Å². The summed E-state index contributed by atoms with van der Waals surface area (Å²) in [6, 6.07) is 6.06. The molecule has 0 aliphatic rings. The Hall–Kier alpha value is -1.57. The van der Waals surface area contributed by atoms with E-state index in [1.807, 2.05) is 18.3 Å². The van der Waals surface area contributed by atoms with Gasteiger partial charge in [-0.2, -0.15) is 0 Å². The highest BCUT2D eigenvalue weighted by Crippen LogP contribution is 2.23. The SMILES string of the molecule is CCn1cc(C=O)c2cccc(C)c21. The van der Waals surface area contributed by atoms with E-state index in [0.717, 1.165) is 23.8 Å². The third kappa shape index (κ3) is 1.15. The van der Waals surface area contributed by atoms with Crippen LogP contribution in [0.15, 0.2) is 24.4 Å². The predicted molar refractivity (Wildman–Crippen MR) is 57.7 cm³/mol. The lowest BCUT2D eigenvalue weighted by Gasteiger charge is -2.02. The largest absolute Gasteiger partial charge is 0.347 e. The zero-order chi connectivity index (χ0) is 10.1. The average Bonchev–Trinajstić information content (AvgIpc) is 2.57. The predicted octanol–water partition coefficient (Wildman–Crippen LogP) is 2.78. The van der Waals surface area contributed by atoms with Gasteiger partial charge < -0.3 is 4.57 Å². The average molecular weight is 187 g/mol. The van der Waals surface area contributed by atoms with E-state index >= 15 is 0 Å². The molecule has 14 heavy (non-hydrogen) atoms. The van der Waals surface area contributed by atoms with E-state index in [1.165, 1.54) is 11.1 Å². The second kappa shape index (κ2) is 3.29. The number of carbonyl (C=O) groups is 1. The first-order valence-electron chi connectivity index (χ1n) is 4.81. The first-order chi connectivity index (χ1) is 6.77. The summed E-state index contributed by atoms with van der Waals surface area (Å²) in [5.74, 6) is 0. The molecule has 0 N–H and O–H groups in total. The fourth-order valence-corrected chi connectivity index (χ4v) is 1.92. The van der Waals surface area contributed by atoms with Crippen molar-refractivity contribution in [3.8, 4) is 0 Å². The minimum Gasteiger partial charge on any atom is -0.347 e. The van der Waals surface area contributed by atoms with Crippen molar-refractivity contribution < 1.29 is 4.79 Å². The Morgan fingerprint density at radius 2 is 2.21 bits per heavy atom. The summed E-state index contributed by atoms with van der Waals surface area (Å²) >= 11 is 0. The minimum absolute atomic E-state index is 0.783. The van der Waals surface area contributed by atoms with Gasteiger partial charge >= 0.3 is 0 Å². The number of nitrogens with zero attached hydrogens (tertiary/aromatic N) is 1. The summed E-state index contributed by atoms with van der Waals surface area (Å²) in [6.45, 7) is 5.05. The van der Waals surface area contributed by atoms with Crippen molar-refractivity contribution in [3.63, 3.8) is 0 Å². The van der Waals surface area contributed by atoms with Crippen molar-refractivity contribution in [3.05, 3.63) is 35.5 Å². The monoisotopic (exact) mass is 187 g/mol. The molecule has 0 fully saturated rings. The lowest BCUT2D eigenvalue weighted by molar-refractivity contribution is 0.112. The van der Waals surface area contributed by atoms with Crippen LogP contribution < -0.4 is 0 Å². The van der Waals surface area contributed by atoms with E-state index in [-0.39, 0.29) is 0 Å². The molecule has 0 saturated heterocycles. The van der Waals surface area contributed by atoms with Crippen LogP contribution in [0.5, 0.6) is 0 Å². The van der Waals surface area contributed by atoms with E-state index in [4.69, 9.17) is 0 Å². The summed E-state index contributed by atoms with van der Waals surface area (Å²) in [6.07, 6.45) is 2.85. The number of hydrogen-bond acceptors (Lipinski definition) is 1. The van der Waals surface area contributed by atoms with Crippen molar-refractivity contribution in [1.82, 2.24) is 4.57 Å². The Bertz CT molecular complexity index is 482. The standard InChI is InChI=1S/C12H13NO/c1-3-13-7-10(8-14)11-6-4-5-9(2)12(11)13/h4-8H,3H2,1-2H3. The van der Waals surface area contributed by atoms with Crippen LogP contribution in [0.2, 0.25) is 0 Å². The molecule has 0 unspecified atom stereocenters. The maximum atomic E-state index is 10.8. The molecule has 2 nitrogen and oxygen atoms in total. The van der Waals surface area contributed by atoms with Gasteiger partial charge in [-0.25, -0.2) is 0 Å². The Morgan fingerprint density at radius 1 is 1.43 bits per heavy atom. The quantitative estimate of drug-likeness (QED) is 0.662. The molecule has 0 saturated carbocycles. The minimum atomic E-state index is 0.783. The van der Waals surface area contributed by atoms with Crippen LogP contribution in [0.3, 0.4) is 0 Å². The van der Waals surface area contributed by atoms with Crippen molar-refractivity contribution in [2.75, 3.05) is 0 Å². The van der Waals surface area contributed by atoms with Gasteiger partial charge in [-0.1, -0.05) is 18.2 Å². The fraction of sp³-hybridized carbons (Fsp3) is 0.250. The second-order valence-corrected chi connectivity index (χ2v) is 3.46. The fourth-order valence-electron chi connectivity index (χ4n) is 1.92. The lowest BCUT2D eigenvalue weighted by atomic mass is 10.1. The molecule has 0 atom stereocenters. The van der Waals surface area contributed by atoms with Gasteiger partial charge in [0.15, 0.2) is 6.29 Å². The maximum Gasteiger partial charge on any atom is 0.152 e. The number of rotatable bonds is 2. The highest BCUT2D eigenvalue weighted by atomic mass is 16.1. The van der Waals surface area contributed by atoms with E-state index in [1.54, 1.807) is 0 Å². The Morgan fingerprint density at radius 3 is 2.86 bits per heavy atom. The van der Waals surface area contributed by atoms with Crippen LogP contribution in [-0.2, 0) is 6.54 Å². The zero-order valence-corrected chi connectivity index (χ0v) is 8.45. The number of hydrogen-bond donors (Lipinski definition) is 0. The number of aromatic nitrogens is 1. The Kier molecular flexibility index (Phi) is 2.12. The first-order valence-corrected chi connectivity index (χ1v) is 4.81. The van der Waals surface area contributed by atoms with Gasteiger partial charge in [-0.15, -0.1) is 0 Å². The number of fused-ring (bicyclic) bond motifs is 1. The van der Waals surface area contributed by atoms with Crippen LogP contribution in [0.1, 0.15) is 22.8 Å². The summed E-state index contributed by atoms with van der Waals surface area (Å²) in [7, 11) is 0. The van der Waals surface area contributed by atoms with Gasteiger partial charge in [0, 0.05) is 23.7 Å². The van der Waals surface area contributed by atoms with E-state index < -0.39 is 0 Å². The maximum absolute atomic E-state index is 10.8. The molecule has 0 aliphatic carbocycles. The molecule has 1 heterocycles. The molecule has 72 valence electrons. The van der Waals surface area contributed by atoms with E-state index in [0.29, 0.717) is 0 Å². The number of aldehydes is 1.